The third kappa shape index (κ3) is 3.16. The molecule has 0 heterocycles. The number of alkyl halides is 1. The first-order chi connectivity index (χ1) is 7.99. The Labute approximate surface area is 105 Å². The molecule has 1 aromatic rings. The van der Waals surface area contributed by atoms with Gasteiger partial charge in [-0.1, -0.05) is 22.0 Å². The maximum atomic E-state index is 10.8. The zero-order valence-electron chi connectivity index (χ0n) is 8.97. The number of ether oxygens (including phenoxy) is 1. The molecule has 1 rings (SSSR count). The molecule has 0 fully saturated rings. The number of carbonyl (C=O) groups is 1. The Balaban J connectivity index is 3.38. The van der Waals surface area contributed by atoms with Crippen molar-refractivity contribution >= 4 is 27.6 Å². The lowest BCUT2D eigenvalue weighted by Gasteiger charge is -2.09. The first-order valence-electron chi connectivity index (χ1n) is 4.61. The summed E-state index contributed by atoms with van der Waals surface area (Å²) >= 11 is 3.18. The van der Waals surface area contributed by atoms with E-state index < -0.39 is 10.9 Å². The van der Waals surface area contributed by atoms with Crippen LogP contribution in [0.2, 0.25) is 0 Å². The van der Waals surface area contributed by atoms with Crippen molar-refractivity contribution in [3.05, 3.63) is 33.4 Å². The molecule has 0 aromatic heterocycles. The van der Waals surface area contributed by atoms with E-state index in [1.807, 2.05) is 0 Å². The number of benzene rings is 1. The zero-order valence-corrected chi connectivity index (χ0v) is 10.6. The van der Waals surface area contributed by atoms with Crippen molar-refractivity contribution in [2.24, 2.45) is 0 Å². The molecule has 17 heavy (non-hydrogen) atoms. The van der Waals surface area contributed by atoms with Crippen LogP contribution in [0.1, 0.15) is 11.1 Å². The van der Waals surface area contributed by atoms with Gasteiger partial charge in [-0.05, 0) is 5.56 Å². The predicted octanol–water partition coefficient (Wildman–Crippen LogP) is 2.13. The topological polar surface area (TPSA) is 89.7 Å². The molecule has 1 aromatic carbocycles. The van der Waals surface area contributed by atoms with E-state index in [-0.39, 0.29) is 17.9 Å². The summed E-state index contributed by atoms with van der Waals surface area (Å²) in [6, 6.07) is 2.94. The minimum Gasteiger partial charge on any atom is -0.490 e. The lowest BCUT2D eigenvalue weighted by Crippen LogP contribution is -2.05. The SMILES string of the molecule is COc1c(CC(=O)O)cc(CBr)cc1[N+](=O)[O-]. The van der Waals surface area contributed by atoms with Crippen LogP contribution in [-0.2, 0) is 16.5 Å². The van der Waals surface area contributed by atoms with Gasteiger partial charge in [0, 0.05) is 17.0 Å². The van der Waals surface area contributed by atoms with E-state index in [2.05, 4.69) is 15.9 Å². The van der Waals surface area contributed by atoms with Gasteiger partial charge in [0.15, 0.2) is 0 Å². The quantitative estimate of drug-likeness (QED) is 0.511. The number of hydrogen-bond acceptors (Lipinski definition) is 4. The Morgan fingerprint density at radius 3 is 2.65 bits per heavy atom. The molecule has 0 aliphatic rings. The van der Waals surface area contributed by atoms with Gasteiger partial charge in [0.1, 0.15) is 0 Å². The third-order valence-electron chi connectivity index (χ3n) is 2.10. The molecule has 0 atom stereocenters. The normalized spacial score (nSPS) is 10.0. The van der Waals surface area contributed by atoms with Gasteiger partial charge >= 0.3 is 11.7 Å². The first kappa shape index (κ1) is 13.4. The van der Waals surface area contributed by atoms with Gasteiger partial charge < -0.3 is 9.84 Å². The van der Waals surface area contributed by atoms with Gasteiger partial charge in [0.25, 0.3) is 0 Å². The smallest absolute Gasteiger partial charge is 0.311 e. The fraction of sp³-hybridized carbons (Fsp3) is 0.300. The number of nitrogens with zero attached hydrogens (tertiary/aromatic N) is 1. The van der Waals surface area contributed by atoms with Crippen molar-refractivity contribution < 1.29 is 19.6 Å². The van der Waals surface area contributed by atoms with Crippen molar-refractivity contribution in [1.82, 2.24) is 0 Å². The van der Waals surface area contributed by atoms with Gasteiger partial charge in [-0.25, -0.2) is 0 Å². The van der Waals surface area contributed by atoms with Crippen LogP contribution in [0.25, 0.3) is 0 Å². The van der Waals surface area contributed by atoms with Gasteiger partial charge in [0.05, 0.1) is 18.5 Å². The Morgan fingerprint density at radius 1 is 1.59 bits per heavy atom. The Bertz CT molecular complexity index is 460. The van der Waals surface area contributed by atoms with Crippen LogP contribution in [0.5, 0.6) is 5.75 Å². The summed E-state index contributed by atoms with van der Waals surface area (Å²) in [4.78, 5) is 20.9. The number of carboxylic acid groups (broad SMARTS) is 1. The molecule has 0 aliphatic heterocycles. The molecule has 92 valence electrons. The summed E-state index contributed by atoms with van der Waals surface area (Å²) in [6.07, 6.45) is -0.315. The maximum Gasteiger partial charge on any atom is 0.311 e. The third-order valence-corrected chi connectivity index (χ3v) is 2.75. The molecule has 0 spiro atoms. The fourth-order valence-electron chi connectivity index (χ4n) is 1.48. The van der Waals surface area contributed by atoms with Gasteiger partial charge in [-0.3, -0.25) is 14.9 Å². The average Bonchev–Trinajstić information content (AvgIpc) is 2.26. The van der Waals surface area contributed by atoms with Crippen LogP contribution >= 0.6 is 15.9 Å². The zero-order chi connectivity index (χ0) is 13.0. The molecule has 7 heteroatoms. The van der Waals surface area contributed by atoms with Crippen LogP contribution in [0.15, 0.2) is 12.1 Å². The Hall–Kier alpha value is -1.63. The Kier molecular flexibility index (Phi) is 4.45. The molecular weight excluding hydrogens is 294 g/mol. The van der Waals surface area contributed by atoms with E-state index >= 15 is 0 Å². The van der Waals surface area contributed by atoms with E-state index in [0.29, 0.717) is 16.5 Å². The van der Waals surface area contributed by atoms with Crippen LogP contribution in [-0.4, -0.2) is 23.1 Å². The first-order valence-corrected chi connectivity index (χ1v) is 5.73. The van der Waals surface area contributed by atoms with Crippen molar-refractivity contribution in [1.29, 1.82) is 0 Å². The van der Waals surface area contributed by atoms with Crippen molar-refractivity contribution in [2.75, 3.05) is 7.11 Å². The number of rotatable bonds is 5. The second-order valence-electron chi connectivity index (χ2n) is 3.27. The maximum absolute atomic E-state index is 10.8. The van der Waals surface area contributed by atoms with Crippen molar-refractivity contribution in [2.45, 2.75) is 11.8 Å². The highest BCUT2D eigenvalue weighted by Gasteiger charge is 2.21. The lowest BCUT2D eigenvalue weighted by molar-refractivity contribution is -0.385. The number of carboxylic acids is 1. The average molecular weight is 304 g/mol. The van der Waals surface area contributed by atoms with Crippen LogP contribution in [0.4, 0.5) is 5.69 Å². The highest BCUT2D eigenvalue weighted by Crippen LogP contribution is 2.33. The highest BCUT2D eigenvalue weighted by molar-refractivity contribution is 9.08. The summed E-state index contributed by atoms with van der Waals surface area (Å²) in [5, 5.41) is 20.0. The molecule has 0 radical (unpaired) electrons. The number of nitro groups is 1. The second kappa shape index (κ2) is 5.62. The number of nitro benzene ring substituents is 1. The molecular formula is C10H10BrNO5. The van der Waals surface area contributed by atoms with E-state index in [1.165, 1.54) is 13.2 Å². The summed E-state index contributed by atoms with van der Waals surface area (Å²) in [5.41, 5.74) is 0.707. The molecule has 0 aliphatic carbocycles. The van der Waals surface area contributed by atoms with E-state index in [9.17, 15) is 14.9 Å². The summed E-state index contributed by atoms with van der Waals surface area (Å²) in [6.45, 7) is 0. The summed E-state index contributed by atoms with van der Waals surface area (Å²) in [5.74, 6) is -1.06. The molecule has 0 saturated heterocycles. The number of halogens is 1. The van der Waals surface area contributed by atoms with Crippen LogP contribution in [0.3, 0.4) is 0 Å². The van der Waals surface area contributed by atoms with Crippen molar-refractivity contribution in [3.8, 4) is 5.75 Å². The molecule has 0 saturated carbocycles. The summed E-state index contributed by atoms with van der Waals surface area (Å²) in [7, 11) is 1.28. The van der Waals surface area contributed by atoms with Crippen molar-refractivity contribution in [3.63, 3.8) is 0 Å². The highest BCUT2D eigenvalue weighted by atomic mass is 79.9. The van der Waals surface area contributed by atoms with Crippen LogP contribution < -0.4 is 4.74 Å². The molecule has 0 bridgehead atoms. The second-order valence-corrected chi connectivity index (χ2v) is 3.83. The fourth-order valence-corrected chi connectivity index (χ4v) is 1.80. The minimum absolute atomic E-state index is 0.00194. The minimum atomic E-state index is -1.07. The monoisotopic (exact) mass is 303 g/mol. The van der Waals surface area contributed by atoms with E-state index in [4.69, 9.17) is 9.84 Å². The van der Waals surface area contributed by atoms with E-state index in [0.717, 1.165) is 0 Å². The van der Waals surface area contributed by atoms with Gasteiger partial charge in [-0.15, -0.1) is 0 Å². The standard InChI is InChI=1S/C10H10BrNO5/c1-17-10-7(4-9(13)14)2-6(5-11)3-8(10)12(15)16/h2-3H,4-5H2,1H3,(H,13,14). The summed E-state index contributed by atoms with van der Waals surface area (Å²) < 4.78 is 4.92. The van der Waals surface area contributed by atoms with Crippen LogP contribution in [0, 0.1) is 10.1 Å². The number of hydrogen-bond donors (Lipinski definition) is 1. The molecule has 6 nitrogen and oxygen atoms in total. The number of aliphatic carboxylic acids is 1. The van der Waals surface area contributed by atoms with Gasteiger partial charge in [0.2, 0.25) is 5.75 Å². The largest absolute Gasteiger partial charge is 0.490 e. The van der Waals surface area contributed by atoms with E-state index in [1.54, 1.807) is 6.07 Å². The molecule has 0 amide bonds. The number of methoxy groups -OCH3 is 1. The van der Waals surface area contributed by atoms with Gasteiger partial charge in [-0.2, -0.15) is 0 Å². The lowest BCUT2D eigenvalue weighted by atomic mass is 10.1. The predicted molar refractivity (Wildman–Crippen MR) is 63.6 cm³/mol. The Morgan fingerprint density at radius 2 is 2.24 bits per heavy atom. The molecule has 0 unspecified atom stereocenters. The molecule has 1 N–H and O–H groups in total.